The molecule has 1 amide bonds. The molecule has 172 valence electrons. The molecule has 0 spiro atoms. The topological polar surface area (TPSA) is 72.3 Å². The monoisotopic (exact) mass is 437 g/mol. The van der Waals surface area contributed by atoms with Gasteiger partial charge in [-0.1, -0.05) is 36.6 Å². The fourth-order valence-corrected chi connectivity index (χ4v) is 5.65. The number of fused-ring (bicyclic) bond motifs is 1. The third-order valence-corrected chi connectivity index (χ3v) is 7.59. The summed E-state index contributed by atoms with van der Waals surface area (Å²) in [5.41, 5.74) is 5.01. The Morgan fingerprint density at radius 2 is 1.97 bits per heavy atom. The van der Waals surface area contributed by atoms with Crippen molar-refractivity contribution in [1.82, 2.24) is 25.2 Å². The zero-order valence-electron chi connectivity index (χ0n) is 19.2. The number of nitrogens with zero attached hydrogens (tertiary/aromatic N) is 4. The highest BCUT2D eigenvalue weighted by Crippen LogP contribution is 2.29. The van der Waals surface area contributed by atoms with Crippen molar-refractivity contribution >= 4 is 5.91 Å². The van der Waals surface area contributed by atoms with Crippen LogP contribution in [-0.4, -0.2) is 58.1 Å². The average molecular weight is 438 g/mol. The zero-order chi connectivity index (χ0) is 21.9. The summed E-state index contributed by atoms with van der Waals surface area (Å²) >= 11 is 0. The molecule has 0 unspecified atom stereocenters. The molecule has 0 atom stereocenters. The second kappa shape index (κ2) is 9.71. The van der Waals surface area contributed by atoms with Crippen molar-refractivity contribution in [3.05, 3.63) is 40.7 Å². The minimum atomic E-state index is -0.102. The standard InChI is InChI=1S/C25H35N5O2/c1-18-24(25(31)26-16-19-6-3-2-4-7-19)27-28-30(18)23-9-5-8-20-17-29(13-10-22(20)23)21-11-14-32-15-12-21/h5,8-9,19,21H,2-4,6-7,10-17H2,1H3,(H,26,31). The van der Waals surface area contributed by atoms with Crippen molar-refractivity contribution in [2.24, 2.45) is 5.92 Å². The molecule has 0 radical (unpaired) electrons. The molecular formula is C25H35N5O2. The maximum Gasteiger partial charge on any atom is 0.273 e. The van der Waals surface area contributed by atoms with Gasteiger partial charge in [0.2, 0.25) is 0 Å². The predicted molar refractivity (Wildman–Crippen MR) is 123 cm³/mol. The molecule has 1 saturated heterocycles. The van der Waals surface area contributed by atoms with Crippen molar-refractivity contribution in [3.63, 3.8) is 0 Å². The second-order valence-corrected chi connectivity index (χ2v) is 9.63. The Balaban J connectivity index is 1.30. The van der Waals surface area contributed by atoms with Crippen LogP contribution in [-0.2, 0) is 17.7 Å². The van der Waals surface area contributed by atoms with Gasteiger partial charge in [0.05, 0.1) is 11.4 Å². The number of carbonyl (C=O) groups excluding carboxylic acids is 1. The lowest BCUT2D eigenvalue weighted by molar-refractivity contribution is 0.0290. The molecule has 1 aromatic heterocycles. The van der Waals surface area contributed by atoms with Gasteiger partial charge in [-0.3, -0.25) is 9.69 Å². The second-order valence-electron chi connectivity index (χ2n) is 9.63. The van der Waals surface area contributed by atoms with Gasteiger partial charge in [-0.25, -0.2) is 4.68 Å². The van der Waals surface area contributed by atoms with Gasteiger partial charge < -0.3 is 10.1 Å². The summed E-state index contributed by atoms with van der Waals surface area (Å²) in [4.78, 5) is 15.4. The summed E-state index contributed by atoms with van der Waals surface area (Å²) in [6.07, 6.45) is 9.55. The van der Waals surface area contributed by atoms with Gasteiger partial charge in [-0.15, -0.1) is 5.10 Å². The van der Waals surface area contributed by atoms with E-state index in [1.165, 1.54) is 43.2 Å². The van der Waals surface area contributed by atoms with E-state index in [0.29, 0.717) is 17.7 Å². The van der Waals surface area contributed by atoms with Crippen LogP contribution in [0.5, 0.6) is 0 Å². The number of nitrogens with one attached hydrogen (secondary N) is 1. The minimum Gasteiger partial charge on any atom is -0.381 e. The Bertz CT molecular complexity index is 944. The van der Waals surface area contributed by atoms with E-state index in [1.807, 2.05) is 11.6 Å². The molecule has 1 N–H and O–H groups in total. The summed E-state index contributed by atoms with van der Waals surface area (Å²) in [5.74, 6) is 0.498. The summed E-state index contributed by atoms with van der Waals surface area (Å²) in [5, 5.41) is 11.8. The third-order valence-electron chi connectivity index (χ3n) is 7.59. The Morgan fingerprint density at radius 1 is 1.16 bits per heavy atom. The van der Waals surface area contributed by atoms with Crippen LogP contribution < -0.4 is 5.32 Å². The van der Waals surface area contributed by atoms with E-state index >= 15 is 0 Å². The predicted octanol–water partition coefficient (Wildman–Crippen LogP) is 3.42. The van der Waals surface area contributed by atoms with Crippen molar-refractivity contribution in [3.8, 4) is 5.69 Å². The first-order valence-corrected chi connectivity index (χ1v) is 12.3. The van der Waals surface area contributed by atoms with Crippen LogP contribution in [0.2, 0.25) is 0 Å². The number of hydrogen-bond donors (Lipinski definition) is 1. The van der Waals surface area contributed by atoms with E-state index in [4.69, 9.17) is 4.74 Å². The van der Waals surface area contributed by atoms with Crippen LogP contribution in [0.3, 0.4) is 0 Å². The maximum atomic E-state index is 12.8. The Labute approximate surface area is 190 Å². The van der Waals surface area contributed by atoms with Gasteiger partial charge in [0.25, 0.3) is 5.91 Å². The van der Waals surface area contributed by atoms with E-state index in [1.54, 1.807) is 0 Å². The van der Waals surface area contributed by atoms with Crippen molar-refractivity contribution in [2.45, 2.75) is 70.9 Å². The number of aromatic nitrogens is 3. The molecule has 7 heteroatoms. The van der Waals surface area contributed by atoms with Gasteiger partial charge in [0.15, 0.2) is 5.69 Å². The smallest absolute Gasteiger partial charge is 0.273 e. The highest BCUT2D eigenvalue weighted by Gasteiger charge is 2.28. The molecule has 2 aliphatic heterocycles. The lowest BCUT2D eigenvalue weighted by atomic mass is 9.89. The molecule has 2 aromatic rings. The van der Waals surface area contributed by atoms with Crippen molar-refractivity contribution < 1.29 is 9.53 Å². The van der Waals surface area contributed by atoms with Crippen LogP contribution in [0, 0.1) is 12.8 Å². The van der Waals surface area contributed by atoms with E-state index in [0.717, 1.165) is 63.5 Å². The van der Waals surface area contributed by atoms with Crippen LogP contribution in [0.15, 0.2) is 18.2 Å². The molecular weight excluding hydrogens is 402 g/mol. The molecule has 2 fully saturated rings. The first kappa shape index (κ1) is 21.6. The van der Waals surface area contributed by atoms with E-state index < -0.39 is 0 Å². The SMILES string of the molecule is Cc1c(C(=O)NCC2CCCCC2)nnn1-c1cccc2c1CCN(C1CCOCC1)C2. The van der Waals surface area contributed by atoms with Gasteiger partial charge in [0, 0.05) is 38.9 Å². The van der Waals surface area contributed by atoms with E-state index in [9.17, 15) is 4.79 Å². The zero-order valence-corrected chi connectivity index (χ0v) is 19.2. The number of amides is 1. The highest BCUT2D eigenvalue weighted by molar-refractivity contribution is 5.93. The first-order chi connectivity index (χ1) is 15.7. The van der Waals surface area contributed by atoms with E-state index in [-0.39, 0.29) is 5.91 Å². The first-order valence-electron chi connectivity index (χ1n) is 12.3. The van der Waals surface area contributed by atoms with Gasteiger partial charge >= 0.3 is 0 Å². The third kappa shape index (κ3) is 4.46. The van der Waals surface area contributed by atoms with Gasteiger partial charge in [0.1, 0.15) is 0 Å². The number of ether oxygens (including phenoxy) is 1. The summed E-state index contributed by atoms with van der Waals surface area (Å²) in [7, 11) is 0. The Hall–Kier alpha value is -2.25. The maximum absolute atomic E-state index is 12.8. The normalized spacial score (nSPS) is 20.8. The molecule has 3 aliphatic rings. The molecule has 1 aromatic carbocycles. The molecule has 1 aliphatic carbocycles. The van der Waals surface area contributed by atoms with Crippen LogP contribution >= 0.6 is 0 Å². The van der Waals surface area contributed by atoms with Crippen molar-refractivity contribution in [1.29, 1.82) is 0 Å². The molecule has 1 saturated carbocycles. The lowest BCUT2D eigenvalue weighted by Crippen LogP contribution is -2.42. The Kier molecular flexibility index (Phi) is 6.55. The van der Waals surface area contributed by atoms with Crippen LogP contribution in [0.1, 0.15) is 72.3 Å². The number of hydrogen-bond acceptors (Lipinski definition) is 5. The quantitative estimate of drug-likeness (QED) is 0.776. The molecule has 3 heterocycles. The van der Waals surface area contributed by atoms with Gasteiger partial charge in [-0.05, 0) is 62.1 Å². The molecule has 7 nitrogen and oxygen atoms in total. The van der Waals surface area contributed by atoms with Crippen LogP contribution in [0.4, 0.5) is 0 Å². The lowest BCUT2D eigenvalue weighted by Gasteiger charge is -2.38. The van der Waals surface area contributed by atoms with Crippen LogP contribution in [0.25, 0.3) is 5.69 Å². The van der Waals surface area contributed by atoms with Gasteiger partial charge in [-0.2, -0.15) is 0 Å². The average Bonchev–Trinajstić information content (AvgIpc) is 3.24. The number of rotatable bonds is 5. The highest BCUT2D eigenvalue weighted by atomic mass is 16.5. The molecule has 32 heavy (non-hydrogen) atoms. The molecule has 5 rings (SSSR count). The summed E-state index contributed by atoms with van der Waals surface area (Å²) in [6, 6.07) is 7.06. The largest absolute Gasteiger partial charge is 0.381 e. The number of carbonyl (C=O) groups is 1. The fourth-order valence-electron chi connectivity index (χ4n) is 5.65. The summed E-state index contributed by atoms with van der Waals surface area (Å²) < 4.78 is 7.41. The van der Waals surface area contributed by atoms with Crippen molar-refractivity contribution in [2.75, 3.05) is 26.3 Å². The minimum absolute atomic E-state index is 0.102. The number of benzene rings is 1. The Morgan fingerprint density at radius 3 is 2.78 bits per heavy atom. The fraction of sp³-hybridized carbons (Fsp3) is 0.640. The van der Waals surface area contributed by atoms with E-state index in [2.05, 4.69) is 38.7 Å². The molecule has 0 bridgehead atoms. The summed E-state index contributed by atoms with van der Waals surface area (Å²) in [6.45, 7) is 6.46.